The number of amides is 1. The number of hydrogen-bond donors (Lipinski definition) is 2. The van der Waals surface area contributed by atoms with E-state index in [0.717, 1.165) is 51.8 Å². The quantitative estimate of drug-likeness (QED) is 0.294. The van der Waals surface area contributed by atoms with Gasteiger partial charge in [0.05, 0.1) is 21.7 Å². The number of ether oxygens (including phenoxy) is 1. The van der Waals surface area contributed by atoms with Gasteiger partial charge in [0.25, 0.3) is 5.91 Å². The van der Waals surface area contributed by atoms with Crippen molar-refractivity contribution in [1.82, 2.24) is 20.1 Å². The second-order valence-corrected chi connectivity index (χ2v) is 11.6. The van der Waals surface area contributed by atoms with Crippen LogP contribution in [0.2, 0.25) is 5.02 Å². The molecule has 2 heterocycles. The van der Waals surface area contributed by atoms with E-state index in [2.05, 4.69) is 20.1 Å². The van der Waals surface area contributed by atoms with Crippen LogP contribution >= 0.6 is 11.6 Å². The molecule has 2 N–H and O–H groups in total. The minimum atomic E-state index is -4.55. The predicted molar refractivity (Wildman–Crippen MR) is 146 cm³/mol. The molecular weight excluding hydrogens is 625 g/mol. The van der Waals surface area contributed by atoms with Crippen LogP contribution < -0.4 is 10.1 Å². The lowest BCUT2D eigenvalue weighted by Gasteiger charge is -2.27. The van der Waals surface area contributed by atoms with Crippen LogP contribution in [0.3, 0.4) is 0 Å². The van der Waals surface area contributed by atoms with Crippen molar-refractivity contribution in [3.63, 3.8) is 0 Å². The zero-order chi connectivity index (χ0) is 32.7. The Labute approximate surface area is 251 Å². The highest BCUT2D eigenvalue weighted by molar-refractivity contribution is 7.60. The van der Waals surface area contributed by atoms with Crippen LogP contribution in [-0.2, 0) is 28.3 Å². The Balaban J connectivity index is 0.00000151. The monoisotopic (exact) mass is 657 g/mol. The summed E-state index contributed by atoms with van der Waals surface area (Å²) in [5.41, 5.74) is -2.35. The van der Waals surface area contributed by atoms with Gasteiger partial charge >= 0.3 is 23.3 Å². The van der Waals surface area contributed by atoms with Gasteiger partial charge in [-0.1, -0.05) is 25.4 Å². The van der Waals surface area contributed by atoms with E-state index in [-0.39, 0.29) is 51.8 Å². The molecule has 0 bridgehead atoms. The molecule has 1 amide bonds. The van der Waals surface area contributed by atoms with Crippen molar-refractivity contribution in [2.24, 2.45) is 17.3 Å². The maximum Gasteiger partial charge on any atom is 0.394 e. The maximum absolute atomic E-state index is 13.4. The minimum absolute atomic E-state index is 0.0372. The first-order chi connectivity index (χ1) is 19.9. The Morgan fingerprint density at radius 2 is 1.79 bits per heavy atom. The highest BCUT2D eigenvalue weighted by Crippen LogP contribution is 2.42. The van der Waals surface area contributed by atoms with Crippen molar-refractivity contribution in [2.45, 2.75) is 79.1 Å². The molecule has 1 aliphatic rings. The van der Waals surface area contributed by atoms with Crippen LogP contribution in [0.5, 0.6) is 5.75 Å². The summed E-state index contributed by atoms with van der Waals surface area (Å²) in [5, 5.41) is 6.93. The molecule has 0 saturated heterocycles. The van der Waals surface area contributed by atoms with E-state index in [9.17, 15) is 31.5 Å². The van der Waals surface area contributed by atoms with Gasteiger partial charge in [-0.25, -0.2) is 0 Å². The third-order valence-corrected chi connectivity index (χ3v) is 7.52. The van der Waals surface area contributed by atoms with Crippen LogP contribution in [-0.4, -0.2) is 54.2 Å². The van der Waals surface area contributed by atoms with Gasteiger partial charge in [-0.15, -0.1) is 0 Å². The number of ketones is 1. The lowest BCUT2D eigenvalue weighted by Crippen LogP contribution is -2.34. The molecule has 0 spiro atoms. The fourth-order valence-corrected chi connectivity index (χ4v) is 4.99. The van der Waals surface area contributed by atoms with Gasteiger partial charge in [0.2, 0.25) is 0 Å². The minimum Gasteiger partial charge on any atom is -0.434 e. The lowest BCUT2D eigenvalue weighted by molar-refractivity contribution is -0.211. The first-order valence-electron chi connectivity index (χ1n) is 13.2. The van der Waals surface area contributed by atoms with E-state index in [0.29, 0.717) is 6.54 Å². The number of rotatable bonds is 10. The molecule has 0 aromatic carbocycles. The smallest absolute Gasteiger partial charge is 0.394 e. The number of aryl methyl sites for hydroxylation is 1. The van der Waals surface area contributed by atoms with Gasteiger partial charge in [0.15, 0.2) is 5.69 Å². The number of Topliss-reactive ketones (excluding diaryl/α,β-unsaturated/α-hetero) is 1. The van der Waals surface area contributed by atoms with E-state index >= 15 is 0 Å². The van der Waals surface area contributed by atoms with Crippen LogP contribution in [0.1, 0.15) is 69.6 Å². The van der Waals surface area contributed by atoms with Crippen molar-refractivity contribution in [2.75, 3.05) is 6.54 Å². The second kappa shape index (κ2) is 15.0. The zero-order valence-electron chi connectivity index (χ0n) is 23.9. The first kappa shape index (κ1) is 36.1. The summed E-state index contributed by atoms with van der Waals surface area (Å²) in [6.45, 7) is 2.54. The summed E-state index contributed by atoms with van der Waals surface area (Å²) in [5.74, 6) is -0.574. The van der Waals surface area contributed by atoms with Gasteiger partial charge in [-0.2, -0.15) is 40.2 Å². The number of carbonyl (C=O) groups is 2. The van der Waals surface area contributed by atoms with Crippen LogP contribution in [0.25, 0.3) is 11.3 Å². The van der Waals surface area contributed by atoms with E-state index in [1.165, 1.54) is 4.68 Å². The van der Waals surface area contributed by atoms with E-state index in [4.69, 9.17) is 24.8 Å². The SMILES string of the molecule is CCn1nc(C(=O)NCC2CCC(C(C)=O)CC2)c(Cl)c1-c1cnc(CC(C)(C)C(F)(F)F)cc1OC(F)F.N=S(=O)=O. The average Bonchev–Trinajstić information content (AvgIpc) is 3.22. The second-order valence-electron chi connectivity index (χ2n) is 10.7. The molecule has 2 aromatic rings. The number of carbonyl (C=O) groups excluding carboxylic acids is 2. The molecule has 1 fully saturated rings. The standard InChI is InChI=1S/C26H32ClF5N4O3.HNO2S/c1-5-36-22(18-13-33-17(10-19(18)39-24(28)29)11-25(3,4)26(30,31)32)20(27)21(35-36)23(38)34-12-15-6-8-16(9-7-15)14(2)37;1-4(2)3/h10,13,15-16,24H,5-9,11-12H2,1-4H3,(H,34,38);1H. The Bertz CT molecular complexity index is 1400. The first-order valence-corrected chi connectivity index (χ1v) is 14.7. The summed E-state index contributed by atoms with van der Waals surface area (Å²) in [6.07, 6.45) is -0.892. The van der Waals surface area contributed by atoms with E-state index < -0.39 is 46.8 Å². The number of nitrogens with zero attached hydrogens (tertiary/aromatic N) is 3. The van der Waals surface area contributed by atoms with Crippen LogP contribution in [0, 0.1) is 22.0 Å². The Morgan fingerprint density at radius 3 is 2.28 bits per heavy atom. The third kappa shape index (κ3) is 9.95. The molecule has 0 atom stereocenters. The van der Waals surface area contributed by atoms with Gasteiger partial charge in [0.1, 0.15) is 11.5 Å². The van der Waals surface area contributed by atoms with Crippen molar-refractivity contribution in [1.29, 1.82) is 4.78 Å². The Hall–Kier alpha value is -3.14. The maximum atomic E-state index is 13.4. The van der Waals surface area contributed by atoms with Crippen molar-refractivity contribution >= 4 is 33.8 Å². The van der Waals surface area contributed by atoms with Crippen molar-refractivity contribution in [3.05, 3.63) is 28.7 Å². The van der Waals surface area contributed by atoms with Crippen molar-refractivity contribution < 1.29 is 44.7 Å². The number of alkyl halides is 5. The summed E-state index contributed by atoms with van der Waals surface area (Å²) < 4.78 is 95.5. The number of hydrogen-bond acceptors (Lipinski definition) is 8. The topological polar surface area (TPSA) is 144 Å². The summed E-state index contributed by atoms with van der Waals surface area (Å²) in [7, 11) is -2.61. The number of halogens is 6. The predicted octanol–water partition coefficient (Wildman–Crippen LogP) is 6.10. The van der Waals surface area contributed by atoms with Gasteiger partial charge in [0, 0.05) is 43.4 Å². The van der Waals surface area contributed by atoms with Crippen molar-refractivity contribution in [3.8, 4) is 17.0 Å². The third-order valence-electron chi connectivity index (χ3n) is 7.17. The molecule has 0 unspecified atom stereocenters. The fraction of sp³-hybridized carbons (Fsp3) is 0.615. The molecule has 17 heteroatoms. The lowest BCUT2D eigenvalue weighted by atomic mass is 9.80. The van der Waals surface area contributed by atoms with Gasteiger partial charge in [-0.05, 0) is 45.4 Å². The van der Waals surface area contributed by atoms with E-state index in [1.807, 2.05) is 0 Å². The number of aromatic nitrogens is 3. The zero-order valence-corrected chi connectivity index (χ0v) is 25.5. The van der Waals surface area contributed by atoms with Gasteiger partial charge < -0.3 is 10.1 Å². The van der Waals surface area contributed by atoms with Crippen LogP contribution in [0.4, 0.5) is 22.0 Å². The normalized spacial score (nSPS) is 17.2. The molecule has 0 radical (unpaired) electrons. The summed E-state index contributed by atoms with van der Waals surface area (Å²) in [4.78, 5) is 28.6. The molecule has 0 aliphatic heterocycles. The Kier molecular flexibility index (Phi) is 12.6. The Morgan fingerprint density at radius 1 is 1.21 bits per heavy atom. The van der Waals surface area contributed by atoms with E-state index in [1.54, 1.807) is 13.8 Å². The molecule has 1 saturated carbocycles. The summed E-state index contributed by atoms with van der Waals surface area (Å²) >= 11 is 6.53. The largest absolute Gasteiger partial charge is 0.434 e. The molecule has 240 valence electrons. The molecule has 3 rings (SSSR count). The molecule has 43 heavy (non-hydrogen) atoms. The molecule has 10 nitrogen and oxygen atoms in total. The number of pyridine rings is 1. The molecular formula is C26H33ClF5N5O5S. The molecule has 2 aromatic heterocycles. The van der Waals surface area contributed by atoms with Gasteiger partial charge in [-0.3, -0.25) is 19.3 Å². The highest BCUT2D eigenvalue weighted by atomic mass is 35.5. The fourth-order valence-electron chi connectivity index (χ4n) is 4.66. The highest BCUT2D eigenvalue weighted by Gasteiger charge is 2.47. The number of nitrogens with one attached hydrogen (secondary N) is 2. The summed E-state index contributed by atoms with van der Waals surface area (Å²) in [6, 6.07) is 1.02. The van der Waals surface area contributed by atoms with Crippen LogP contribution in [0.15, 0.2) is 12.3 Å². The average molecular weight is 658 g/mol. The molecule has 1 aliphatic carbocycles.